The van der Waals surface area contributed by atoms with Crippen LogP contribution in [0.3, 0.4) is 0 Å². The first kappa shape index (κ1) is 21.2. The lowest BCUT2D eigenvalue weighted by Crippen LogP contribution is -2.15. The van der Waals surface area contributed by atoms with Gasteiger partial charge < -0.3 is 5.32 Å². The van der Waals surface area contributed by atoms with Crippen molar-refractivity contribution in [3.05, 3.63) is 88.2 Å². The number of carbonyl (C=O) groups is 1. The Balaban J connectivity index is 1.70. The summed E-state index contributed by atoms with van der Waals surface area (Å²) in [6.45, 7) is 0. The molecule has 2 aromatic heterocycles. The number of aromatic nitrogens is 5. The van der Waals surface area contributed by atoms with Crippen LogP contribution in [0, 0.1) is 5.82 Å². The lowest BCUT2D eigenvalue weighted by Gasteiger charge is -2.09. The summed E-state index contributed by atoms with van der Waals surface area (Å²) < 4.78 is 15.0. The third-order valence-corrected chi connectivity index (χ3v) is 5.36. The van der Waals surface area contributed by atoms with Crippen molar-refractivity contribution >= 4 is 46.6 Å². The van der Waals surface area contributed by atoms with Crippen LogP contribution in [-0.2, 0) is 5.75 Å². The summed E-state index contributed by atoms with van der Waals surface area (Å²) in [6, 6.07) is 12.2. The maximum atomic E-state index is 13.5. The molecule has 2 heterocycles. The van der Waals surface area contributed by atoms with E-state index in [1.165, 1.54) is 34.6 Å². The van der Waals surface area contributed by atoms with Crippen LogP contribution in [0.4, 0.5) is 10.1 Å². The molecule has 0 spiro atoms. The quantitative estimate of drug-likeness (QED) is 0.311. The number of hydrogen-bond acceptors (Lipinski definition) is 6. The van der Waals surface area contributed by atoms with Crippen molar-refractivity contribution in [1.29, 1.82) is 0 Å². The maximum Gasteiger partial charge on any atom is 0.278 e. The van der Waals surface area contributed by atoms with Crippen molar-refractivity contribution in [2.24, 2.45) is 0 Å². The zero-order valence-electron chi connectivity index (χ0n) is 15.7. The van der Waals surface area contributed by atoms with Crippen LogP contribution >= 0.6 is 35.0 Å². The highest BCUT2D eigenvalue weighted by Crippen LogP contribution is 2.26. The van der Waals surface area contributed by atoms with E-state index in [1.54, 1.807) is 42.7 Å². The van der Waals surface area contributed by atoms with E-state index < -0.39 is 11.7 Å². The number of nitrogens with one attached hydrogen (secondary N) is 1. The number of benzene rings is 2. The molecule has 156 valence electrons. The Morgan fingerprint density at radius 2 is 1.81 bits per heavy atom. The summed E-state index contributed by atoms with van der Waals surface area (Å²) >= 11 is 13.6. The van der Waals surface area contributed by atoms with Crippen molar-refractivity contribution in [2.45, 2.75) is 10.9 Å². The van der Waals surface area contributed by atoms with Gasteiger partial charge in [-0.3, -0.25) is 4.79 Å². The molecule has 0 bridgehead atoms. The molecular formula is C20H13Cl2FN6OS. The van der Waals surface area contributed by atoms with E-state index in [-0.39, 0.29) is 11.4 Å². The summed E-state index contributed by atoms with van der Waals surface area (Å²) in [6.07, 6.45) is 3.25. The number of thioether (sulfide) groups is 1. The Morgan fingerprint density at radius 1 is 1.06 bits per heavy atom. The summed E-state index contributed by atoms with van der Waals surface area (Å²) in [5.74, 6) is -0.714. The highest BCUT2D eigenvalue weighted by atomic mass is 35.5. The Kier molecular flexibility index (Phi) is 6.45. The standard InChI is InChI=1S/C20H13Cl2FN6OS/c21-12-7-13(22)9-16(8-12)29-17(11-31-20-24-5-2-6-25-20)18(27-28-29)19(30)26-15-4-1-3-14(23)10-15/h1-10H,11H2,(H,26,30). The van der Waals surface area contributed by atoms with Gasteiger partial charge in [-0.05, 0) is 42.5 Å². The molecule has 0 saturated heterocycles. The van der Waals surface area contributed by atoms with E-state index in [0.29, 0.717) is 32.3 Å². The molecule has 4 rings (SSSR count). The van der Waals surface area contributed by atoms with E-state index >= 15 is 0 Å². The molecule has 1 amide bonds. The highest BCUT2D eigenvalue weighted by molar-refractivity contribution is 7.98. The lowest BCUT2D eigenvalue weighted by atomic mass is 10.2. The molecule has 11 heteroatoms. The number of carbonyl (C=O) groups excluding carboxylic acids is 1. The second-order valence-corrected chi connectivity index (χ2v) is 8.02. The van der Waals surface area contributed by atoms with Gasteiger partial charge in [-0.1, -0.05) is 46.2 Å². The largest absolute Gasteiger partial charge is 0.320 e. The molecule has 0 aliphatic rings. The van der Waals surface area contributed by atoms with E-state index in [4.69, 9.17) is 23.2 Å². The van der Waals surface area contributed by atoms with Crippen molar-refractivity contribution in [3.63, 3.8) is 0 Å². The number of hydrogen-bond donors (Lipinski definition) is 1. The van der Waals surface area contributed by atoms with Crippen LogP contribution < -0.4 is 5.32 Å². The first-order valence-electron chi connectivity index (χ1n) is 8.87. The number of amides is 1. The fourth-order valence-corrected chi connectivity index (χ4v) is 4.04. The predicted molar refractivity (Wildman–Crippen MR) is 117 cm³/mol. The smallest absolute Gasteiger partial charge is 0.278 e. The SMILES string of the molecule is O=C(Nc1cccc(F)c1)c1nnn(-c2cc(Cl)cc(Cl)c2)c1CSc1ncccn1. The van der Waals surface area contributed by atoms with E-state index in [2.05, 4.69) is 25.6 Å². The minimum absolute atomic E-state index is 0.0730. The van der Waals surface area contributed by atoms with Gasteiger partial charge in [0.15, 0.2) is 10.9 Å². The van der Waals surface area contributed by atoms with Gasteiger partial charge in [0.1, 0.15) is 5.82 Å². The molecule has 0 aliphatic heterocycles. The van der Waals surface area contributed by atoms with Crippen molar-refractivity contribution in [2.75, 3.05) is 5.32 Å². The van der Waals surface area contributed by atoms with Crippen LogP contribution in [0.2, 0.25) is 10.0 Å². The fourth-order valence-electron chi connectivity index (χ4n) is 2.73. The molecule has 0 fully saturated rings. The molecule has 0 unspecified atom stereocenters. The highest BCUT2D eigenvalue weighted by Gasteiger charge is 2.22. The Hall–Kier alpha value is -3.01. The van der Waals surface area contributed by atoms with Crippen molar-refractivity contribution in [1.82, 2.24) is 25.0 Å². The fraction of sp³-hybridized carbons (Fsp3) is 0.0500. The van der Waals surface area contributed by atoms with Crippen LogP contribution in [0.1, 0.15) is 16.2 Å². The first-order valence-corrected chi connectivity index (χ1v) is 10.6. The van der Waals surface area contributed by atoms with Crippen LogP contribution in [0.5, 0.6) is 0 Å². The molecule has 2 aromatic carbocycles. The normalized spacial score (nSPS) is 10.8. The summed E-state index contributed by atoms with van der Waals surface area (Å²) in [5, 5.41) is 12.2. The monoisotopic (exact) mass is 474 g/mol. The molecule has 31 heavy (non-hydrogen) atoms. The molecule has 1 N–H and O–H groups in total. The van der Waals surface area contributed by atoms with Crippen molar-refractivity contribution < 1.29 is 9.18 Å². The molecule has 0 atom stereocenters. The number of anilines is 1. The maximum absolute atomic E-state index is 13.5. The average molecular weight is 475 g/mol. The molecule has 0 radical (unpaired) electrons. The molecule has 0 aliphatic carbocycles. The Bertz CT molecular complexity index is 1220. The van der Waals surface area contributed by atoms with Gasteiger partial charge in [-0.2, -0.15) is 0 Å². The number of rotatable bonds is 6. The van der Waals surface area contributed by atoms with Gasteiger partial charge in [0, 0.05) is 33.9 Å². The number of nitrogens with zero attached hydrogens (tertiary/aromatic N) is 5. The minimum atomic E-state index is -0.533. The van der Waals surface area contributed by atoms with E-state index in [9.17, 15) is 9.18 Å². The molecule has 4 aromatic rings. The van der Waals surface area contributed by atoms with Gasteiger partial charge in [0.25, 0.3) is 5.91 Å². The summed E-state index contributed by atoms with van der Waals surface area (Å²) in [4.78, 5) is 21.3. The first-order chi connectivity index (χ1) is 15.0. The second-order valence-electron chi connectivity index (χ2n) is 6.21. The topological polar surface area (TPSA) is 85.6 Å². The van der Waals surface area contributed by atoms with Crippen LogP contribution in [0.15, 0.2) is 66.1 Å². The zero-order valence-corrected chi connectivity index (χ0v) is 18.0. The summed E-state index contributed by atoms with van der Waals surface area (Å²) in [5.41, 5.74) is 1.39. The van der Waals surface area contributed by atoms with Crippen molar-refractivity contribution in [3.8, 4) is 5.69 Å². The third-order valence-electron chi connectivity index (χ3n) is 4.03. The minimum Gasteiger partial charge on any atom is -0.320 e. The summed E-state index contributed by atoms with van der Waals surface area (Å²) in [7, 11) is 0. The van der Waals surface area contributed by atoms with Gasteiger partial charge >= 0.3 is 0 Å². The van der Waals surface area contributed by atoms with Gasteiger partial charge in [-0.15, -0.1) is 5.10 Å². The van der Waals surface area contributed by atoms with Gasteiger partial charge in [0.2, 0.25) is 0 Å². The molecule has 0 saturated carbocycles. The second kappa shape index (κ2) is 9.42. The van der Waals surface area contributed by atoms with Crippen LogP contribution in [0.25, 0.3) is 5.69 Å². The lowest BCUT2D eigenvalue weighted by molar-refractivity contribution is 0.102. The predicted octanol–water partition coefficient (Wildman–Crippen LogP) is 5.05. The molecule has 7 nitrogen and oxygen atoms in total. The molecular weight excluding hydrogens is 462 g/mol. The van der Waals surface area contributed by atoms with Gasteiger partial charge in [0.05, 0.1) is 11.4 Å². The average Bonchev–Trinajstić information content (AvgIpc) is 3.16. The zero-order chi connectivity index (χ0) is 21.8. The van der Waals surface area contributed by atoms with E-state index in [1.807, 2.05) is 0 Å². The van der Waals surface area contributed by atoms with E-state index in [0.717, 1.165) is 0 Å². The van der Waals surface area contributed by atoms with Crippen LogP contribution in [-0.4, -0.2) is 30.9 Å². The Morgan fingerprint density at radius 3 is 2.52 bits per heavy atom. The van der Waals surface area contributed by atoms with Gasteiger partial charge in [-0.25, -0.2) is 19.0 Å². The third kappa shape index (κ3) is 5.19. The number of halogens is 3. The Labute approximate surface area is 190 Å².